The Bertz CT molecular complexity index is 656. The molecule has 1 amide bonds. The lowest BCUT2D eigenvalue weighted by Gasteiger charge is -2.15. The zero-order chi connectivity index (χ0) is 14.0. The largest absolute Gasteiger partial charge is 0.358 e. The van der Waals surface area contributed by atoms with E-state index in [1.165, 1.54) is 0 Å². The van der Waals surface area contributed by atoms with Gasteiger partial charge in [0.05, 0.1) is 6.07 Å². The Hall–Kier alpha value is -2.28. The molecule has 0 radical (unpaired) electrons. The number of aromatic amines is 1. The number of fused-ring (bicyclic) bond motifs is 1. The van der Waals surface area contributed by atoms with Crippen LogP contribution in [0.3, 0.4) is 0 Å². The summed E-state index contributed by atoms with van der Waals surface area (Å²) >= 11 is 0. The topological polar surface area (TPSA) is 68.7 Å². The minimum Gasteiger partial charge on any atom is -0.358 e. The highest BCUT2D eigenvalue weighted by Gasteiger charge is 2.16. The van der Waals surface area contributed by atoms with Gasteiger partial charge in [0.15, 0.2) is 0 Å². The van der Waals surface area contributed by atoms with Gasteiger partial charge in [0.25, 0.3) is 0 Å². The summed E-state index contributed by atoms with van der Waals surface area (Å²) in [5.41, 5.74) is 2.97. The van der Waals surface area contributed by atoms with Crippen LogP contribution in [0.2, 0.25) is 0 Å². The number of amides is 1. The smallest absolute Gasteiger partial charge is 0.238 e. The number of nitriles is 1. The maximum atomic E-state index is 11.4. The number of benzene rings is 1. The van der Waals surface area contributed by atoms with Crippen molar-refractivity contribution in [3.05, 3.63) is 30.0 Å². The molecular formula is C15H17N3O. The minimum absolute atomic E-state index is 0.0588. The molecule has 2 N–H and O–H groups in total. The lowest BCUT2D eigenvalue weighted by atomic mass is 9.92. The van der Waals surface area contributed by atoms with E-state index in [0.29, 0.717) is 5.69 Å². The van der Waals surface area contributed by atoms with Gasteiger partial charge in [0.1, 0.15) is 6.42 Å². The molecule has 19 heavy (non-hydrogen) atoms. The van der Waals surface area contributed by atoms with E-state index < -0.39 is 0 Å². The van der Waals surface area contributed by atoms with Crippen molar-refractivity contribution in [2.24, 2.45) is 0 Å². The van der Waals surface area contributed by atoms with Gasteiger partial charge in [-0.15, -0.1) is 0 Å². The molecule has 0 spiro atoms. The second-order valence-corrected chi connectivity index (χ2v) is 5.62. The van der Waals surface area contributed by atoms with Crippen molar-refractivity contribution in [3.8, 4) is 6.07 Å². The van der Waals surface area contributed by atoms with Gasteiger partial charge in [-0.1, -0.05) is 20.8 Å². The zero-order valence-corrected chi connectivity index (χ0v) is 11.4. The third-order valence-corrected chi connectivity index (χ3v) is 2.95. The Balaban J connectivity index is 2.31. The summed E-state index contributed by atoms with van der Waals surface area (Å²) in [6, 6.07) is 9.61. The van der Waals surface area contributed by atoms with Gasteiger partial charge in [-0.3, -0.25) is 4.79 Å². The summed E-state index contributed by atoms with van der Waals surface area (Å²) in [4.78, 5) is 14.7. The molecular weight excluding hydrogens is 238 g/mol. The fourth-order valence-corrected chi connectivity index (χ4v) is 1.89. The number of anilines is 1. The first-order valence-electron chi connectivity index (χ1n) is 6.20. The van der Waals surface area contributed by atoms with Crippen molar-refractivity contribution in [2.45, 2.75) is 32.6 Å². The highest BCUT2D eigenvalue weighted by atomic mass is 16.1. The lowest BCUT2D eigenvalue weighted by Crippen LogP contribution is -2.10. The molecule has 0 saturated carbocycles. The van der Waals surface area contributed by atoms with E-state index in [4.69, 9.17) is 5.26 Å². The Morgan fingerprint density at radius 1 is 1.37 bits per heavy atom. The van der Waals surface area contributed by atoms with E-state index in [-0.39, 0.29) is 17.7 Å². The first kappa shape index (κ1) is 13.2. The van der Waals surface area contributed by atoms with Crippen LogP contribution in [-0.4, -0.2) is 10.9 Å². The predicted octanol–water partition coefficient (Wildman–Crippen LogP) is 3.32. The molecule has 2 aromatic rings. The van der Waals surface area contributed by atoms with E-state index in [2.05, 4.69) is 37.1 Å². The van der Waals surface area contributed by atoms with Gasteiger partial charge >= 0.3 is 0 Å². The molecule has 4 nitrogen and oxygen atoms in total. The summed E-state index contributed by atoms with van der Waals surface area (Å²) in [6.07, 6.45) is -0.127. The summed E-state index contributed by atoms with van der Waals surface area (Å²) in [7, 11) is 0. The number of rotatable bonds is 2. The first-order chi connectivity index (χ1) is 8.90. The molecule has 0 unspecified atom stereocenters. The Morgan fingerprint density at radius 2 is 2.11 bits per heavy atom. The quantitative estimate of drug-likeness (QED) is 0.864. The molecule has 0 fully saturated rings. The molecule has 4 heteroatoms. The summed E-state index contributed by atoms with van der Waals surface area (Å²) in [5.74, 6) is -0.284. The molecule has 0 aliphatic carbocycles. The zero-order valence-electron chi connectivity index (χ0n) is 11.4. The highest BCUT2D eigenvalue weighted by Crippen LogP contribution is 2.27. The van der Waals surface area contributed by atoms with Crippen LogP contribution in [-0.2, 0) is 10.2 Å². The monoisotopic (exact) mass is 255 g/mol. The van der Waals surface area contributed by atoms with Crippen molar-refractivity contribution < 1.29 is 4.79 Å². The first-order valence-corrected chi connectivity index (χ1v) is 6.20. The normalized spacial score (nSPS) is 11.3. The molecule has 98 valence electrons. The predicted molar refractivity (Wildman–Crippen MR) is 75.9 cm³/mol. The van der Waals surface area contributed by atoms with Crippen molar-refractivity contribution in [1.29, 1.82) is 5.26 Å². The van der Waals surface area contributed by atoms with Crippen LogP contribution in [0.5, 0.6) is 0 Å². The van der Waals surface area contributed by atoms with E-state index in [0.717, 1.165) is 16.6 Å². The van der Waals surface area contributed by atoms with Gasteiger partial charge in [-0.05, 0) is 24.3 Å². The number of hydrogen-bond donors (Lipinski definition) is 2. The Morgan fingerprint density at radius 3 is 2.74 bits per heavy atom. The molecule has 1 aromatic heterocycles. The van der Waals surface area contributed by atoms with Gasteiger partial charge in [-0.25, -0.2) is 0 Å². The molecule has 0 saturated heterocycles. The van der Waals surface area contributed by atoms with Crippen molar-refractivity contribution in [1.82, 2.24) is 4.98 Å². The average molecular weight is 255 g/mol. The average Bonchev–Trinajstić information content (AvgIpc) is 2.71. The van der Waals surface area contributed by atoms with Crippen LogP contribution >= 0.6 is 0 Å². The van der Waals surface area contributed by atoms with Gasteiger partial charge in [-0.2, -0.15) is 5.26 Å². The molecule has 1 heterocycles. The van der Waals surface area contributed by atoms with Crippen LogP contribution in [0, 0.1) is 11.3 Å². The Kier molecular flexibility index (Phi) is 3.30. The lowest BCUT2D eigenvalue weighted by molar-refractivity contribution is -0.115. The summed E-state index contributed by atoms with van der Waals surface area (Å²) in [6.45, 7) is 6.44. The Labute approximate surface area is 112 Å². The van der Waals surface area contributed by atoms with Gasteiger partial charge in [0, 0.05) is 27.7 Å². The molecule has 0 aliphatic heterocycles. The third-order valence-electron chi connectivity index (χ3n) is 2.95. The van der Waals surface area contributed by atoms with Crippen LogP contribution in [0.25, 0.3) is 10.9 Å². The minimum atomic E-state index is -0.284. The number of aromatic nitrogens is 1. The number of carbonyl (C=O) groups is 1. The molecule has 2 rings (SSSR count). The molecule has 1 aromatic carbocycles. The van der Waals surface area contributed by atoms with Crippen LogP contribution in [0.1, 0.15) is 32.9 Å². The van der Waals surface area contributed by atoms with Crippen molar-refractivity contribution in [3.63, 3.8) is 0 Å². The third kappa shape index (κ3) is 2.94. The van der Waals surface area contributed by atoms with Gasteiger partial charge in [0.2, 0.25) is 5.91 Å². The number of nitrogens with one attached hydrogen (secondary N) is 2. The maximum Gasteiger partial charge on any atom is 0.238 e. The van der Waals surface area contributed by atoms with Crippen LogP contribution in [0.15, 0.2) is 24.3 Å². The fourth-order valence-electron chi connectivity index (χ4n) is 1.89. The second-order valence-electron chi connectivity index (χ2n) is 5.62. The summed E-state index contributed by atoms with van der Waals surface area (Å²) < 4.78 is 0. The maximum absolute atomic E-state index is 11.4. The second kappa shape index (κ2) is 4.77. The molecule has 0 atom stereocenters. The van der Waals surface area contributed by atoms with Gasteiger partial charge < -0.3 is 10.3 Å². The molecule has 0 bridgehead atoms. The SMILES string of the molecule is CC(C)(C)c1cc2cc(NC(=O)CC#N)ccc2[nH]1. The fraction of sp³-hybridized carbons (Fsp3) is 0.333. The van der Waals surface area contributed by atoms with E-state index in [1.54, 1.807) is 0 Å². The number of carbonyl (C=O) groups excluding carboxylic acids is 1. The number of hydrogen-bond acceptors (Lipinski definition) is 2. The van der Waals surface area contributed by atoms with E-state index in [1.807, 2.05) is 24.3 Å². The van der Waals surface area contributed by atoms with E-state index >= 15 is 0 Å². The standard InChI is InChI=1S/C15H17N3O/c1-15(2,3)13-9-10-8-11(4-5-12(10)18-13)17-14(19)6-7-16/h4-5,8-9,18H,6H2,1-3H3,(H,17,19). The van der Waals surface area contributed by atoms with E-state index in [9.17, 15) is 4.79 Å². The molecule has 0 aliphatic rings. The van der Waals surface area contributed by atoms with Crippen LogP contribution in [0.4, 0.5) is 5.69 Å². The van der Waals surface area contributed by atoms with Crippen molar-refractivity contribution in [2.75, 3.05) is 5.32 Å². The van der Waals surface area contributed by atoms with Crippen LogP contribution < -0.4 is 5.32 Å². The van der Waals surface area contributed by atoms with Crippen molar-refractivity contribution >= 4 is 22.5 Å². The summed E-state index contributed by atoms with van der Waals surface area (Å²) in [5, 5.41) is 12.2. The highest BCUT2D eigenvalue weighted by molar-refractivity contribution is 5.94. The number of nitrogens with zero attached hydrogens (tertiary/aromatic N) is 1. The number of H-pyrrole nitrogens is 1.